The van der Waals surface area contributed by atoms with Crippen molar-refractivity contribution >= 4 is 17.4 Å². The number of carbonyl (C=O) groups excluding carboxylic acids is 1. The Balaban J connectivity index is 2.03. The molecule has 0 aliphatic rings. The van der Waals surface area contributed by atoms with Gasteiger partial charge in [0.25, 0.3) is 5.91 Å². The van der Waals surface area contributed by atoms with Gasteiger partial charge in [0.05, 0.1) is 23.8 Å². The summed E-state index contributed by atoms with van der Waals surface area (Å²) in [4.78, 5) is 11.7. The molecule has 0 bridgehead atoms. The van der Waals surface area contributed by atoms with Gasteiger partial charge in [-0.25, -0.2) is 4.68 Å². The maximum atomic E-state index is 11.7. The van der Waals surface area contributed by atoms with E-state index in [1.54, 1.807) is 40.9 Å². The monoisotopic (exact) mass is 306 g/mol. The number of anilines is 2. The van der Waals surface area contributed by atoms with Gasteiger partial charge in [0.2, 0.25) is 0 Å². The van der Waals surface area contributed by atoms with Crippen LogP contribution in [0.1, 0.15) is 16.1 Å². The number of nitrogens with two attached hydrogens (primary N) is 1. The van der Waals surface area contributed by atoms with E-state index in [9.17, 15) is 4.79 Å². The van der Waals surface area contributed by atoms with Crippen LogP contribution in [0.15, 0.2) is 42.7 Å². The van der Waals surface area contributed by atoms with E-state index >= 15 is 0 Å². The van der Waals surface area contributed by atoms with E-state index in [2.05, 4.69) is 21.4 Å². The fraction of sp³-hybridized carbons (Fsp3) is 0.0625. The summed E-state index contributed by atoms with van der Waals surface area (Å²) in [6.45, 7) is 0. The second-order valence-corrected chi connectivity index (χ2v) is 4.86. The van der Waals surface area contributed by atoms with Crippen molar-refractivity contribution in [1.29, 1.82) is 0 Å². The van der Waals surface area contributed by atoms with E-state index < -0.39 is 5.91 Å². The summed E-state index contributed by atoms with van der Waals surface area (Å²) < 4.78 is 3.20. The number of nitrogens with zero attached hydrogens (tertiary/aromatic N) is 4. The second kappa shape index (κ2) is 5.69. The minimum Gasteiger partial charge on any atom is -0.364 e. The van der Waals surface area contributed by atoms with Gasteiger partial charge in [0, 0.05) is 18.7 Å². The molecule has 0 atom stereocenters. The Hall–Kier alpha value is -3.53. The van der Waals surface area contributed by atoms with Crippen molar-refractivity contribution in [2.24, 2.45) is 12.8 Å². The van der Waals surface area contributed by atoms with Gasteiger partial charge in [0.15, 0.2) is 5.69 Å². The van der Waals surface area contributed by atoms with Crippen molar-refractivity contribution in [2.45, 2.75) is 0 Å². The third kappa shape index (κ3) is 2.78. The minimum atomic E-state index is -0.624. The first-order valence-corrected chi connectivity index (χ1v) is 6.80. The number of nitrogens with one attached hydrogen (secondary N) is 1. The Labute approximate surface area is 132 Å². The van der Waals surface area contributed by atoms with Crippen LogP contribution in [0.5, 0.6) is 0 Å². The first-order valence-electron chi connectivity index (χ1n) is 6.80. The Bertz CT molecular complexity index is 915. The van der Waals surface area contributed by atoms with Crippen molar-refractivity contribution in [3.8, 4) is 18.0 Å². The summed E-state index contributed by atoms with van der Waals surface area (Å²) >= 11 is 0. The zero-order valence-corrected chi connectivity index (χ0v) is 12.4. The third-order valence-corrected chi connectivity index (χ3v) is 3.31. The summed E-state index contributed by atoms with van der Waals surface area (Å²) in [6.07, 6.45) is 8.74. The van der Waals surface area contributed by atoms with Gasteiger partial charge in [-0.3, -0.25) is 9.48 Å². The van der Waals surface area contributed by atoms with Crippen LogP contribution >= 0.6 is 0 Å². The number of carbonyl (C=O) groups is 1. The summed E-state index contributed by atoms with van der Waals surface area (Å²) in [5.41, 5.74) is 7.51. The van der Waals surface area contributed by atoms with Gasteiger partial charge in [0.1, 0.15) is 5.82 Å². The Morgan fingerprint density at radius 3 is 2.87 bits per heavy atom. The molecule has 2 heterocycles. The number of amides is 1. The van der Waals surface area contributed by atoms with Crippen molar-refractivity contribution in [3.63, 3.8) is 0 Å². The van der Waals surface area contributed by atoms with Gasteiger partial charge in [-0.05, 0) is 18.2 Å². The van der Waals surface area contributed by atoms with Crippen molar-refractivity contribution < 1.29 is 4.79 Å². The lowest BCUT2D eigenvalue weighted by molar-refractivity contribution is 0.0996. The van der Waals surface area contributed by atoms with Gasteiger partial charge in [-0.2, -0.15) is 10.2 Å². The van der Waals surface area contributed by atoms with Crippen LogP contribution in [0.3, 0.4) is 0 Å². The molecule has 0 aliphatic carbocycles. The Morgan fingerprint density at radius 2 is 2.22 bits per heavy atom. The number of terminal acetylenes is 1. The lowest BCUT2D eigenvalue weighted by Crippen LogP contribution is -2.14. The summed E-state index contributed by atoms with van der Waals surface area (Å²) in [5, 5.41) is 11.4. The fourth-order valence-electron chi connectivity index (χ4n) is 2.15. The number of rotatable bonds is 4. The molecule has 1 aromatic carbocycles. The number of primary amides is 1. The number of hydrogen-bond donors (Lipinski definition) is 2. The Kier molecular flexibility index (Phi) is 3.57. The molecule has 114 valence electrons. The molecule has 0 unspecified atom stereocenters. The minimum absolute atomic E-state index is 0.136. The lowest BCUT2D eigenvalue weighted by Gasteiger charge is -2.04. The molecular weight excluding hydrogens is 292 g/mol. The van der Waals surface area contributed by atoms with Gasteiger partial charge >= 0.3 is 0 Å². The number of aromatic nitrogens is 4. The molecule has 0 saturated heterocycles. The highest BCUT2D eigenvalue weighted by molar-refractivity contribution is 5.97. The second-order valence-electron chi connectivity index (χ2n) is 4.86. The molecule has 0 aliphatic heterocycles. The molecule has 7 nitrogen and oxygen atoms in total. The molecule has 0 radical (unpaired) electrons. The number of hydrogen-bond acceptors (Lipinski definition) is 4. The molecule has 0 spiro atoms. The van der Waals surface area contributed by atoms with Crippen molar-refractivity contribution in [2.75, 3.05) is 5.32 Å². The molecule has 3 aromatic rings. The van der Waals surface area contributed by atoms with Crippen LogP contribution in [-0.2, 0) is 7.05 Å². The highest BCUT2D eigenvalue weighted by Gasteiger charge is 2.16. The average Bonchev–Trinajstić information content (AvgIpc) is 3.15. The van der Waals surface area contributed by atoms with E-state index in [1.807, 2.05) is 18.2 Å². The number of benzene rings is 1. The van der Waals surface area contributed by atoms with Gasteiger partial charge < -0.3 is 11.1 Å². The first-order chi connectivity index (χ1) is 11.1. The summed E-state index contributed by atoms with van der Waals surface area (Å²) in [6, 6.07) is 9.06. The smallest absolute Gasteiger partial charge is 0.271 e. The van der Waals surface area contributed by atoms with Crippen molar-refractivity contribution in [3.05, 3.63) is 54.0 Å². The molecule has 0 fully saturated rings. The molecule has 3 N–H and O–H groups in total. The molecular formula is C16H14N6O. The quantitative estimate of drug-likeness (QED) is 0.713. The summed E-state index contributed by atoms with van der Waals surface area (Å²) in [7, 11) is 1.78. The molecule has 2 aromatic heterocycles. The Morgan fingerprint density at radius 1 is 1.39 bits per heavy atom. The van der Waals surface area contributed by atoms with Crippen LogP contribution in [-0.4, -0.2) is 25.5 Å². The predicted octanol–water partition coefficient (Wildman–Crippen LogP) is 1.43. The van der Waals surface area contributed by atoms with E-state index in [4.69, 9.17) is 12.2 Å². The maximum Gasteiger partial charge on any atom is 0.271 e. The zero-order chi connectivity index (χ0) is 16.4. The summed E-state index contributed by atoms with van der Waals surface area (Å²) in [5.74, 6) is 2.65. The molecule has 0 saturated carbocycles. The van der Waals surface area contributed by atoms with E-state index in [0.717, 1.165) is 11.3 Å². The average molecular weight is 306 g/mol. The van der Waals surface area contributed by atoms with Crippen LogP contribution < -0.4 is 11.1 Å². The number of aryl methyl sites for hydroxylation is 1. The molecule has 7 heteroatoms. The molecule has 1 amide bonds. The highest BCUT2D eigenvalue weighted by atomic mass is 16.1. The normalized spacial score (nSPS) is 10.3. The van der Waals surface area contributed by atoms with Crippen LogP contribution in [0.4, 0.5) is 11.5 Å². The maximum absolute atomic E-state index is 11.7. The van der Waals surface area contributed by atoms with E-state index in [1.165, 1.54) is 0 Å². The SMILES string of the molecule is C#Cc1cccc(-n2cc(Nc3ccnn3C)c(C(N)=O)n2)c1. The topological polar surface area (TPSA) is 90.8 Å². The van der Waals surface area contributed by atoms with Crippen LogP contribution in [0.25, 0.3) is 5.69 Å². The largest absolute Gasteiger partial charge is 0.364 e. The van der Waals surface area contributed by atoms with E-state index in [-0.39, 0.29) is 5.69 Å². The third-order valence-electron chi connectivity index (χ3n) is 3.31. The standard InChI is InChI=1S/C16H14N6O/c1-3-11-5-4-6-12(9-11)22-10-13(15(20-22)16(17)23)19-14-7-8-18-21(14)2/h1,4-10,19H,2H3,(H2,17,23). The van der Waals surface area contributed by atoms with E-state index in [0.29, 0.717) is 11.5 Å². The highest BCUT2D eigenvalue weighted by Crippen LogP contribution is 2.21. The molecule has 23 heavy (non-hydrogen) atoms. The van der Waals surface area contributed by atoms with Crippen LogP contribution in [0, 0.1) is 12.3 Å². The molecule has 3 rings (SSSR count). The predicted molar refractivity (Wildman–Crippen MR) is 86.5 cm³/mol. The zero-order valence-electron chi connectivity index (χ0n) is 12.4. The van der Waals surface area contributed by atoms with Crippen molar-refractivity contribution in [1.82, 2.24) is 19.6 Å². The first kappa shape index (κ1) is 14.4. The van der Waals surface area contributed by atoms with Gasteiger partial charge in [-0.15, -0.1) is 6.42 Å². The van der Waals surface area contributed by atoms with Crippen LogP contribution in [0.2, 0.25) is 0 Å². The fourth-order valence-corrected chi connectivity index (χ4v) is 2.15. The lowest BCUT2D eigenvalue weighted by atomic mass is 10.2. The van der Waals surface area contributed by atoms with Gasteiger partial charge in [-0.1, -0.05) is 12.0 Å².